The number of carboxylic acids is 1. The topological polar surface area (TPSA) is 58.6 Å². The van der Waals surface area contributed by atoms with Crippen LogP contribution in [0.15, 0.2) is 18.2 Å². The number of aliphatic carboxylic acids is 1. The highest BCUT2D eigenvalue weighted by molar-refractivity contribution is 5.82. The number of carboxylic acid groups (broad SMARTS) is 1. The average Bonchev–Trinajstić information content (AvgIpc) is 3.05. The first kappa shape index (κ1) is 13.5. The smallest absolute Gasteiger partial charge is 0.328 e. The molecule has 0 aromatic heterocycles. The molecule has 0 saturated carbocycles. The molecular weight excluding hydrogens is 261 g/mol. The first-order valence-electron chi connectivity index (χ1n) is 7.01. The Balaban J connectivity index is 1.87. The van der Waals surface area contributed by atoms with Gasteiger partial charge in [0, 0.05) is 13.2 Å². The lowest BCUT2D eigenvalue weighted by Crippen LogP contribution is -2.50. The lowest BCUT2D eigenvalue weighted by molar-refractivity contribution is -0.145. The van der Waals surface area contributed by atoms with Crippen LogP contribution in [-0.2, 0) is 21.5 Å². The molecule has 5 heteroatoms. The fraction of sp³-hybridized carbons (Fsp3) is 0.533. The predicted octanol–water partition coefficient (Wildman–Crippen LogP) is 1.82. The Kier molecular flexibility index (Phi) is 3.48. The molecule has 1 heterocycles. The number of benzene rings is 1. The van der Waals surface area contributed by atoms with Crippen molar-refractivity contribution in [1.82, 2.24) is 5.32 Å². The van der Waals surface area contributed by atoms with Gasteiger partial charge in [-0.15, -0.1) is 0 Å². The van der Waals surface area contributed by atoms with Crippen molar-refractivity contribution in [3.05, 3.63) is 35.1 Å². The number of carbonyl (C=O) groups is 1. The second-order valence-electron chi connectivity index (χ2n) is 5.49. The third-order valence-corrected chi connectivity index (χ3v) is 4.35. The van der Waals surface area contributed by atoms with Crippen molar-refractivity contribution < 1.29 is 19.0 Å². The van der Waals surface area contributed by atoms with Crippen LogP contribution in [0.2, 0.25) is 0 Å². The number of hydrogen-bond donors (Lipinski definition) is 2. The first-order valence-corrected chi connectivity index (χ1v) is 7.01. The molecule has 20 heavy (non-hydrogen) atoms. The van der Waals surface area contributed by atoms with Crippen molar-refractivity contribution in [3.63, 3.8) is 0 Å². The quantitative estimate of drug-likeness (QED) is 0.882. The Hall–Kier alpha value is -1.46. The Morgan fingerprint density at radius 1 is 1.55 bits per heavy atom. The molecule has 1 saturated heterocycles. The molecule has 4 nitrogen and oxygen atoms in total. The van der Waals surface area contributed by atoms with Gasteiger partial charge >= 0.3 is 5.97 Å². The summed E-state index contributed by atoms with van der Waals surface area (Å²) < 4.78 is 19.3. The summed E-state index contributed by atoms with van der Waals surface area (Å²) in [6.07, 6.45) is 2.85. The molecule has 1 aliphatic heterocycles. The van der Waals surface area contributed by atoms with Crippen LogP contribution in [0.1, 0.15) is 30.4 Å². The van der Waals surface area contributed by atoms with Gasteiger partial charge in [-0.05, 0) is 42.9 Å². The van der Waals surface area contributed by atoms with Crippen molar-refractivity contribution in [3.8, 4) is 0 Å². The Labute approximate surface area is 116 Å². The highest BCUT2D eigenvalue weighted by atomic mass is 19.1. The molecule has 3 rings (SSSR count). The molecule has 1 aliphatic carbocycles. The van der Waals surface area contributed by atoms with E-state index >= 15 is 0 Å². The van der Waals surface area contributed by atoms with Gasteiger partial charge in [0.1, 0.15) is 11.4 Å². The number of rotatable bonds is 4. The zero-order chi connectivity index (χ0) is 14.2. The number of halogens is 1. The van der Waals surface area contributed by atoms with Crippen molar-refractivity contribution in [2.45, 2.75) is 37.3 Å². The minimum absolute atomic E-state index is 0.0591. The van der Waals surface area contributed by atoms with Crippen LogP contribution in [0.5, 0.6) is 0 Å². The summed E-state index contributed by atoms with van der Waals surface area (Å²) in [5.41, 5.74) is -0.0960. The monoisotopic (exact) mass is 279 g/mol. The van der Waals surface area contributed by atoms with Crippen LogP contribution < -0.4 is 5.32 Å². The molecule has 1 aromatic rings. The Morgan fingerprint density at radius 2 is 2.40 bits per heavy atom. The molecule has 0 radical (unpaired) electrons. The van der Waals surface area contributed by atoms with E-state index in [0.29, 0.717) is 30.5 Å². The zero-order valence-electron chi connectivity index (χ0n) is 11.2. The van der Waals surface area contributed by atoms with Crippen LogP contribution in [0.25, 0.3) is 0 Å². The number of ether oxygens (including phenoxy) is 1. The Bertz CT molecular complexity index is 528. The molecule has 1 aromatic carbocycles. The highest BCUT2D eigenvalue weighted by Gasteiger charge is 2.46. The third kappa shape index (κ3) is 2.11. The van der Waals surface area contributed by atoms with Crippen molar-refractivity contribution in [2.75, 3.05) is 13.2 Å². The summed E-state index contributed by atoms with van der Waals surface area (Å²) in [5, 5.41) is 12.8. The normalized spacial score (nSPS) is 28.6. The summed E-state index contributed by atoms with van der Waals surface area (Å²) in [6.45, 7) is 1.22. The summed E-state index contributed by atoms with van der Waals surface area (Å²) >= 11 is 0. The maximum Gasteiger partial charge on any atom is 0.328 e. The van der Waals surface area contributed by atoms with Gasteiger partial charge in [0.25, 0.3) is 0 Å². The number of hydrogen-bond acceptors (Lipinski definition) is 3. The maximum atomic E-state index is 13.8. The number of fused-ring (bicyclic) bond motifs is 1. The lowest BCUT2D eigenvalue weighted by atomic mass is 9.91. The van der Waals surface area contributed by atoms with Gasteiger partial charge in [-0.2, -0.15) is 0 Å². The first-order chi connectivity index (χ1) is 9.63. The van der Waals surface area contributed by atoms with Crippen LogP contribution >= 0.6 is 0 Å². The average molecular weight is 279 g/mol. The van der Waals surface area contributed by atoms with Crippen molar-refractivity contribution >= 4 is 5.97 Å². The van der Waals surface area contributed by atoms with Gasteiger partial charge < -0.3 is 9.84 Å². The van der Waals surface area contributed by atoms with E-state index in [1.165, 1.54) is 6.07 Å². The van der Waals surface area contributed by atoms with Crippen LogP contribution in [0.3, 0.4) is 0 Å². The molecule has 2 aliphatic rings. The fourth-order valence-corrected chi connectivity index (χ4v) is 3.23. The molecular formula is C15H18FNO3. The van der Waals surface area contributed by atoms with E-state index in [2.05, 4.69) is 5.32 Å². The second kappa shape index (κ2) is 5.14. The van der Waals surface area contributed by atoms with Gasteiger partial charge in [0.15, 0.2) is 0 Å². The predicted molar refractivity (Wildman–Crippen MR) is 71.0 cm³/mol. The molecule has 2 unspecified atom stereocenters. The summed E-state index contributed by atoms with van der Waals surface area (Å²) in [4.78, 5) is 11.8. The second-order valence-corrected chi connectivity index (χ2v) is 5.49. The molecule has 108 valence electrons. The highest BCUT2D eigenvalue weighted by Crippen LogP contribution is 2.38. The molecule has 0 spiro atoms. The van der Waals surface area contributed by atoms with Gasteiger partial charge in [-0.1, -0.05) is 12.1 Å². The lowest BCUT2D eigenvalue weighted by Gasteiger charge is -2.28. The van der Waals surface area contributed by atoms with E-state index in [-0.39, 0.29) is 11.9 Å². The molecule has 0 amide bonds. The van der Waals surface area contributed by atoms with Gasteiger partial charge in [0.05, 0.1) is 6.10 Å². The van der Waals surface area contributed by atoms with E-state index in [4.69, 9.17) is 4.74 Å². The summed E-state index contributed by atoms with van der Waals surface area (Å²) in [5.74, 6) is -1.26. The van der Waals surface area contributed by atoms with Gasteiger partial charge in [-0.3, -0.25) is 5.32 Å². The van der Waals surface area contributed by atoms with E-state index in [0.717, 1.165) is 19.4 Å². The molecule has 2 atom stereocenters. The summed E-state index contributed by atoms with van der Waals surface area (Å²) in [7, 11) is 0. The summed E-state index contributed by atoms with van der Waals surface area (Å²) in [6, 6.07) is 4.67. The zero-order valence-corrected chi connectivity index (χ0v) is 11.2. The molecule has 0 bridgehead atoms. The fourth-order valence-electron chi connectivity index (χ4n) is 3.23. The van der Waals surface area contributed by atoms with Crippen LogP contribution in [0.4, 0.5) is 4.39 Å². The van der Waals surface area contributed by atoms with Crippen LogP contribution in [-0.4, -0.2) is 30.3 Å². The Morgan fingerprint density at radius 3 is 3.10 bits per heavy atom. The van der Waals surface area contributed by atoms with E-state index in [9.17, 15) is 14.3 Å². The van der Waals surface area contributed by atoms with Gasteiger partial charge in [0.2, 0.25) is 0 Å². The standard InChI is InChI=1S/C15H18FNO3/c16-13-5-1-4-12-11(13)6-7-15(12,14(18)19)17-9-10-3-2-8-20-10/h1,4-5,10,17H,2-3,6-9H2,(H,18,19). The van der Waals surface area contributed by atoms with E-state index in [1.807, 2.05) is 0 Å². The largest absolute Gasteiger partial charge is 0.480 e. The third-order valence-electron chi connectivity index (χ3n) is 4.35. The van der Waals surface area contributed by atoms with Crippen molar-refractivity contribution in [1.29, 1.82) is 0 Å². The number of nitrogens with one attached hydrogen (secondary N) is 1. The van der Waals surface area contributed by atoms with E-state index < -0.39 is 11.5 Å². The van der Waals surface area contributed by atoms with Crippen LogP contribution in [0, 0.1) is 5.82 Å². The van der Waals surface area contributed by atoms with E-state index in [1.54, 1.807) is 12.1 Å². The SMILES string of the molecule is O=C(O)C1(NCC2CCCO2)CCc2c(F)cccc21. The van der Waals surface area contributed by atoms with Crippen molar-refractivity contribution in [2.24, 2.45) is 0 Å². The maximum absolute atomic E-state index is 13.8. The minimum atomic E-state index is -1.18. The van der Waals surface area contributed by atoms with Gasteiger partial charge in [-0.25, -0.2) is 9.18 Å². The molecule has 1 fully saturated rings. The minimum Gasteiger partial charge on any atom is -0.480 e. The molecule has 2 N–H and O–H groups in total.